The van der Waals surface area contributed by atoms with Gasteiger partial charge in [0.05, 0.1) is 7.11 Å². The molecule has 4 nitrogen and oxygen atoms in total. The molecule has 0 aliphatic rings. The lowest BCUT2D eigenvalue weighted by Crippen LogP contribution is -2.42. The average molecular weight is 231 g/mol. The number of rotatable bonds is 7. The molecule has 0 aromatic rings. The Morgan fingerprint density at radius 1 is 1.25 bits per heavy atom. The Balaban J connectivity index is 4.02. The van der Waals surface area contributed by atoms with E-state index in [1.54, 1.807) is 13.8 Å². The largest absolute Gasteiger partial charge is 0.467 e. The minimum Gasteiger partial charge on any atom is -0.467 e. The second-order valence-electron chi connectivity index (χ2n) is 5.01. The Hall–Kier alpha value is -0.610. The van der Waals surface area contributed by atoms with Crippen LogP contribution in [-0.2, 0) is 14.3 Å². The van der Waals surface area contributed by atoms with Gasteiger partial charge in [0.25, 0.3) is 0 Å². The van der Waals surface area contributed by atoms with Crippen molar-refractivity contribution >= 4 is 5.97 Å². The van der Waals surface area contributed by atoms with E-state index >= 15 is 0 Å². The van der Waals surface area contributed by atoms with Crippen molar-refractivity contribution in [1.82, 2.24) is 5.32 Å². The molecular weight excluding hydrogens is 206 g/mol. The molecule has 1 N–H and O–H groups in total. The first kappa shape index (κ1) is 15.4. The summed E-state index contributed by atoms with van der Waals surface area (Å²) in [5, 5.41) is 3.36. The third kappa shape index (κ3) is 5.47. The summed E-state index contributed by atoms with van der Waals surface area (Å²) in [7, 11) is 1.37. The summed E-state index contributed by atoms with van der Waals surface area (Å²) in [5.41, 5.74) is -0.835. The second-order valence-corrected chi connectivity index (χ2v) is 5.01. The van der Waals surface area contributed by atoms with Gasteiger partial charge in [0.15, 0.2) is 5.60 Å². The van der Waals surface area contributed by atoms with Crippen LogP contribution in [0.4, 0.5) is 0 Å². The molecule has 0 fully saturated rings. The van der Waals surface area contributed by atoms with E-state index in [2.05, 4.69) is 30.8 Å². The van der Waals surface area contributed by atoms with Crippen LogP contribution in [-0.4, -0.2) is 37.4 Å². The van der Waals surface area contributed by atoms with Crippen molar-refractivity contribution in [2.75, 3.05) is 20.3 Å². The van der Waals surface area contributed by atoms with Crippen molar-refractivity contribution in [3.8, 4) is 0 Å². The fraction of sp³-hybridized carbons (Fsp3) is 0.917. The van der Waals surface area contributed by atoms with Crippen LogP contribution in [0, 0.1) is 0 Å². The van der Waals surface area contributed by atoms with Gasteiger partial charge in [-0.25, -0.2) is 4.79 Å². The molecule has 0 atom stereocenters. The van der Waals surface area contributed by atoms with Gasteiger partial charge in [-0.2, -0.15) is 0 Å². The lowest BCUT2D eigenvalue weighted by atomic mass is 10.0. The standard InChI is InChI=1S/C12H25NO3/c1-7-13-11(2,3)8-9-16-12(4,5)10(14)15-6/h13H,7-9H2,1-6H3. The number of hydrogen-bond donors (Lipinski definition) is 1. The van der Waals surface area contributed by atoms with Gasteiger partial charge in [-0.1, -0.05) is 6.92 Å². The Morgan fingerprint density at radius 3 is 2.25 bits per heavy atom. The first-order valence-corrected chi connectivity index (χ1v) is 5.72. The van der Waals surface area contributed by atoms with Crippen LogP contribution in [0.25, 0.3) is 0 Å². The Labute approximate surface area is 98.7 Å². The van der Waals surface area contributed by atoms with Crippen LogP contribution in [0.15, 0.2) is 0 Å². The maximum absolute atomic E-state index is 11.4. The van der Waals surface area contributed by atoms with E-state index in [0.29, 0.717) is 6.61 Å². The number of carbonyl (C=O) groups excluding carboxylic acids is 1. The summed E-state index contributed by atoms with van der Waals surface area (Å²) in [6, 6.07) is 0. The van der Waals surface area contributed by atoms with Gasteiger partial charge in [-0.15, -0.1) is 0 Å². The van der Waals surface area contributed by atoms with Gasteiger partial charge in [0.1, 0.15) is 0 Å². The summed E-state index contributed by atoms with van der Waals surface area (Å²) in [5.74, 6) is -0.339. The normalized spacial score (nSPS) is 12.6. The maximum atomic E-state index is 11.4. The summed E-state index contributed by atoms with van der Waals surface area (Å²) in [4.78, 5) is 11.4. The van der Waals surface area contributed by atoms with E-state index in [0.717, 1.165) is 13.0 Å². The second kappa shape index (κ2) is 6.21. The summed E-state index contributed by atoms with van der Waals surface area (Å²) in [6.45, 7) is 11.2. The van der Waals surface area contributed by atoms with Gasteiger partial charge >= 0.3 is 5.97 Å². The van der Waals surface area contributed by atoms with E-state index in [1.807, 2.05) is 0 Å². The predicted octanol–water partition coefficient (Wildman–Crippen LogP) is 1.73. The van der Waals surface area contributed by atoms with Crippen molar-refractivity contribution in [2.45, 2.75) is 52.2 Å². The molecule has 4 heteroatoms. The van der Waals surface area contributed by atoms with Crippen molar-refractivity contribution in [3.05, 3.63) is 0 Å². The van der Waals surface area contributed by atoms with Gasteiger partial charge in [-0.3, -0.25) is 0 Å². The van der Waals surface area contributed by atoms with Gasteiger partial charge in [0.2, 0.25) is 0 Å². The number of hydrogen-bond acceptors (Lipinski definition) is 4. The Morgan fingerprint density at radius 2 is 1.81 bits per heavy atom. The van der Waals surface area contributed by atoms with Crippen molar-refractivity contribution in [3.63, 3.8) is 0 Å². The zero-order chi connectivity index (χ0) is 12.8. The smallest absolute Gasteiger partial charge is 0.337 e. The molecule has 0 spiro atoms. The monoisotopic (exact) mass is 231 g/mol. The fourth-order valence-electron chi connectivity index (χ4n) is 1.43. The zero-order valence-electron chi connectivity index (χ0n) is 11.3. The molecule has 0 heterocycles. The molecule has 0 radical (unpaired) electrons. The first-order valence-electron chi connectivity index (χ1n) is 5.72. The van der Waals surface area contributed by atoms with E-state index < -0.39 is 5.60 Å². The summed E-state index contributed by atoms with van der Waals surface area (Å²) in [6.07, 6.45) is 0.848. The number of esters is 1. The van der Waals surface area contributed by atoms with Gasteiger partial charge in [0, 0.05) is 12.1 Å². The number of methoxy groups -OCH3 is 1. The highest BCUT2D eigenvalue weighted by Gasteiger charge is 2.30. The molecule has 0 amide bonds. The SMILES string of the molecule is CCNC(C)(C)CCOC(C)(C)C(=O)OC. The van der Waals surface area contributed by atoms with Crippen LogP contribution < -0.4 is 5.32 Å². The third-order valence-electron chi connectivity index (χ3n) is 2.52. The van der Waals surface area contributed by atoms with Crippen molar-refractivity contribution in [1.29, 1.82) is 0 Å². The molecule has 0 saturated heterocycles. The summed E-state index contributed by atoms with van der Waals surface area (Å²) < 4.78 is 10.2. The zero-order valence-corrected chi connectivity index (χ0v) is 11.3. The molecule has 0 aliphatic carbocycles. The Kier molecular flexibility index (Phi) is 5.97. The van der Waals surface area contributed by atoms with Gasteiger partial charge in [-0.05, 0) is 40.7 Å². The summed E-state index contributed by atoms with van der Waals surface area (Å²) >= 11 is 0. The van der Waals surface area contributed by atoms with E-state index in [4.69, 9.17) is 4.74 Å². The fourth-order valence-corrected chi connectivity index (χ4v) is 1.43. The van der Waals surface area contributed by atoms with E-state index in [-0.39, 0.29) is 11.5 Å². The average Bonchev–Trinajstić information content (AvgIpc) is 2.15. The highest BCUT2D eigenvalue weighted by molar-refractivity contribution is 5.78. The minimum absolute atomic E-state index is 0.0287. The van der Waals surface area contributed by atoms with Crippen molar-refractivity contribution in [2.24, 2.45) is 0 Å². The van der Waals surface area contributed by atoms with Gasteiger partial charge < -0.3 is 14.8 Å². The molecular formula is C12H25NO3. The van der Waals surface area contributed by atoms with Crippen LogP contribution in [0.5, 0.6) is 0 Å². The minimum atomic E-state index is -0.864. The lowest BCUT2D eigenvalue weighted by Gasteiger charge is -2.28. The van der Waals surface area contributed by atoms with Crippen LogP contribution in [0.1, 0.15) is 41.0 Å². The predicted molar refractivity (Wildman–Crippen MR) is 64.4 cm³/mol. The lowest BCUT2D eigenvalue weighted by molar-refractivity contribution is -0.165. The maximum Gasteiger partial charge on any atom is 0.337 e. The molecule has 16 heavy (non-hydrogen) atoms. The van der Waals surface area contributed by atoms with Crippen LogP contribution in [0.2, 0.25) is 0 Å². The molecule has 0 aromatic heterocycles. The van der Waals surface area contributed by atoms with Crippen LogP contribution >= 0.6 is 0 Å². The van der Waals surface area contributed by atoms with E-state index in [9.17, 15) is 4.79 Å². The molecule has 0 aromatic carbocycles. The molecule has 0 saturated carbocycles. The molecule has 0 aliphatic heterocycles. The highest BCUT2D eigenvalue weighted by Crippen LogP contribution is 2.15. The van der Waals surface area contributed by atoms with E-state index in [1.165, 1.54) is 7.11 Å². The molecule has 0 rings (SSSR count). The number of ether oxygens (including phenoxy) is 2. The topological polar surface area (TPSA) is 47.6 Å². The molecule has 96 valence electrons. The molecule has 0 unspecified atom stereocenters. The Bertz CT molecular complexity index is 224. The third-order valence-corrected chi connectivity index (χ3v) is 2.52. The molecule has 0 bridgehead atoms. The first-order chi connectivity index (χ1) is 7.25. The highest BCUT2D eigenvalue weighted by atomic mass is 16.6. The number of nitrogens with one attached hydrogen (secondary N) is 1. The quantitative estimate of drug-likeness (QED) is 0.678. The van der Waals surface area contributed by atoms with Crippen molar-refractivity contribution < 1.29 is 14.3 Å². The number of carbonyl (C=O) groups is 1. The van der Waals surface area contributed by atoms with Crippen LogP contribution in [0.3, 0.4) is 0 Å².